The van der Waals surface area contributed by atoms with Gasteiger partial charge in [-0.15, -0.1) is 0 Å². The Bertz CT molecular complexity index is 431. The summed E-state index contributed by atoms with van der Waals surface area (Å²) >= 11 is 0. The molecule has 3 rings (SSSR count). The minimum absolute atomic E-state index is 0.666. The quantitative estimate of drug-likeness (QED) is 0.830. The molecule has 2 heterocycles. The van der Waals surface area contributed by atoms with Crippen molar-refractivity contribution in [3.8, 4) is 5.75 Å². The molecule has 2 fully saturated rings. The maximum atomic E-state index is 5.93. The highest BCUT2D eigenvalue weighted by molar-refractivity contribution is 5.29. The summed E-state index contributed by atoms with van der Waals surface area (Å²) in [6.07, 6.45) is 2.29. The van der Waals surface area contributed by atoms with Crippen molar-refractivity contribution in [2.75, 3.05) is 32.9 Å². The van der Waals surface area contributed by atoms with Crippen LogP contribution >= 0.6 is 0 Å². The van der Waals surface area contributed by atoms with Gasteiger partial charge in [0.15, 0.2) is 0 Å². The molecule has 1 aromatic rings. The van der Waals surface area contributed by atoms with Gasteiger partial charge in [-0.3, -0.25) is 0 Å². The van der Waals surface area contributed by atoms with Crippen molar-refractivity contribution in [1.29, 1.82) is 0 Å². The van der Waals surface area contributed by atoms with Gasteiger partial charge < -0.3 is 14.4 Å². The molecule has 116 valence electrons. The van der Waals surface area contributed by atoms with Gasteiger partial charge in [0.25, 0.3) is 0 Å². The summed E-state index contributed by atoms with van der Waals surface area (Å²) in [5, 5.41) is 0. The Balaban J connectivity index is 1.44. The molecule has 0 saturated carbocycles. The van der Waals surface area contributed by atoms with E-state index in [9.17, 15) is 0 Å². The first-order chi connectivity index (χ1) is 10.2. The highest BCUT2D eigenvalue weighted by atomic mass is 16.5. The SMILES string of the molecule is CC(C)N1CC(COc2ccc(C3CCOCC3)cc2)C1. The van der Waals surface area contributed by atoms with E-state index in [1.807, 2.05) is 0 Å². The third-order valence-corrected chi connectivity index (χ3v) is 4.77. The van der Waals surface area contributed by atoms with Crippen LogP contribution in [0.3, 0.4) is 0 Å². The summed E-state index contributed by atoms with van der Waals surface area (Å²) in [5.74, 6) is 2.37. The van der Waals surface area contributed by atoms with Gasteiger partial charge in [0, 0.05) is 38.3 Å². The van der Waals surface area contributed by atoms with E-state index in [1.165, 1.54) is 18.7 Å². The number of rotatable bonds is 5. The third-order valence-electron chi connectivity index (χ3n) is 4.77. The lowest BCUT2D eigenvalue weighted by Crippen LogP contribution is -2.52. The first kappa shape index (κ1) is 14.9. The maximum absolute atomic E-state index is 5.93. The smallest absolute Gasteiger partial charge is 0.119 e. The van der Waals surface area contributed by atoms with Gasteiger partial charge in [0.1, 0.15) is 5.75 Å². The Morgan fingerprint density at radius 2 is 1.81 bits per heavy atom. The zero-order chi connectivity index (χ0) is 14.7. The lowest BCUT2D eigenvalue weighted by atomic mass is 9.92. The molecule has 3 nitrogen and oxygen atoms in total. The third kappa shape index (κ3) is 3.78. The van der Waals surface area contributed by atoms with Crippen LogP contribution in [0, 0.1) is 5.92 Å². The lowest BCUT2D eigenvalue weighted by molar-refractivity contribution is 0.0375. The number of likely N-dealkylation sites (tertiary alicyclic amines) is 1. The zero-order valence-corrected chi connectivity index (χ0v) is 13.3. The van der Waals surface area contributed by atoms with Gasteiger partial charge in [-0.2, -0.15) is 0 Å². The molecule has 2 aliphatic rings. The number of hydrogen-bond acceptors (Lipinski definition) is 3. The van der Waals surface area contributed by atoms with E-state index in [1.54, 1.807) is 0 Å². The molecule has 21 heavy (non-hydrogen) atoms. The van der Waals surface area contributed by atoms with Crippen LogP contribution in [0.2, 0.25) is 0 Å². The van der Waals surface area contributed by atoms with Gasteiger partial charge >= 0.3 is 0 Å². The zero-order valence-electron chi connectivity index (χ0n) is 13.3. The summed E-state index contributed by atoms with van der Waals surface area (Å²) in [5.41, 5.74) is 1.43. The lowest BCUT2D eigenvalue weighted by Gasteiger charge is -2.41. The van der Waals surface area contributed by atoms with Crippen molar-refractivity contribution >= 4 is 0 Å². The maximum Gasteiger partial charge on any atom is 0.119 e. The molecule has 0 spiro atoms. The van der Waals surface area contributed by atoms with Crippen LogP contribution in [0.5, 0.6) is 5.75 Å². The second-order valence-corrected chi connectivity index (χ2v) is 6.68. The first-order valence-corrected chi connectivity index (χ1v) is 8.27. The Hall–Kier alpha value is -1.06. The fraction of sp³-hybridized carbons (Fsp3) is 0.667. The number of ether oxygens (including phenoxy) is 2. The van der Waals surface area contributed by atoms with E-state index < -0.39 is 0 Å². The molecule has 1 aromatic carbocycles. The van der Waals surface area contributed by atoms with Gasteiger partial charge in [0.2, 0.25) is 0 Å². The monoisotopic (exact) mass is 289 g/mol. The van der Waals surface area contributed by atoms with Gasteiger partial charge in [0.05, 0.1) is 6.61 Å². The Kier molecular flexibility index (Phi) is 4.81. The summed E-state index contributed by atoms with van der Waals surface area (Å²) in [6, 6.07) is 9.38. The fourth-order valence-electron chi connectivity index (χ4n) is 3.22. The second-order valence-electron chi connectivity index (χ2n) is 6.68. The van der Waals surface area contributed by atoms with Crippen molar-refractivity contribution in [1.82, 2.24) is 4.90 Å². The van der Waals surface area contributed by atoms with Gasteiger partial charge in [-0.1, -0.05) is 12.1 Å². The molecule has 2 saturated heterocycles. The average Bonchev–Trinajstić information content (AvgIpc) is 2.47. The largest absolute Gasteiger partial charge is 0.493 e. The van der Waals surface area contributed by atoms with Crippen molar-refractivity contribution in [2.45, 2.75) is 38.6 Å². The van der Waals surface area contributed by atoms with Crippen LogP contribution in [0.4, 0.5) is 0 Å². The molecule has 0 amide bonds. The average molecular weight is 289 g/mol. The number of hydrogen-bond donors (Lipinski definition) is 0. The van der Waals surface area contributed by atoms with E-state index in [-0.39, 0.29) is 0 Å². The molecule has 0 unspecified atom stereocenters. The molecular formula is C18H27NO2. The summed E-state index contributed by atoms with van der Waals surface area (Å²) < 4.78 is 11.4. The second kappa shape index (κ2) is 6.80. The Labute approximate surface area is 128 Å². The van der Waals surface area contributed by atoms with Crippen LogP contribution < -0.4 is 4.74 Å². The predicted octanol–water partition coefficient (Wildman–Crippen LogP) is 3.30. The van der Waals surface area contributed by atoms with E-state index in [0.29, 0.717) is 17.9 Å². The Morgan fingerprint density at radius 3 is 2.43 bits per heavy atom. The van der Waals surface area contributed by atoms with Crippen molar-refractivity contribution in [2.24, 2.45) is 5.92 Å². The number of benzene rings is 1. The van der Waals surface area contributed by atoms with E-state index in [0.717, 1.165) is 38.4 Å². The van der Waals surface area contributed by atoms with Crippen molar-refractivity contribution in [3.63, 3.8) is 0 Å². The molecule has 0 bridgehead atoms. The van der Waals surface area contributed by atoms with Gasteiger partial charge in [-0.05, 0) is 50.3 Å². The molecule has 0 N–H and O–H groups in total. The summed E-state index contributed by atoms with van der Waals surface area (Å²) in [7, 11) is 0. The number of nitrogens with zero attached hydrogens (tertiary/aromatic N) is 1. The minimum Gasteiger partial charge on any atom is -0.493 e. The predicted molar refractivity (Wildman–Crippen MR) is 84.9 cm³/mol. The highest BCUT2D eigenvalue weighted by Crippen LogP contribution is 2.28. The van der Waals surface area contributed by atoms with Crippen LogP contribution in [-0.4, -0.2) is 43.9 Å². The fourth-order valence-corrected chi connectivity index (χ4v) is 3.22. The minimum atomic E-state index is 0.666. The van der Waals surface area contributed by atoms with Crippen molar-refractivity contribution < 1.29 is 9.47 Å². The highest BCUT2D eigenvalue weighted by Gasteiger charge is 2.28. The Morgan fingerprint density at radius 1 is 1.14 bits per heavy atom. The molecule has 0 atom stereocenters. The normalized spacial score (nSPS) is 21.5. The molecule has 2 aliphatic heterocycles. The van der Waals surface area contributed by atoms with Crippen molar-refractivity contribution in [3.05, 3.63) is 29.8 Å². The summed E-state index contributed by atoms with van der Waals surface area (Å²) in [6.45, 7) is 9.52. The van der Waals surface area contributed by atoms with Crippen LogP contribution in [0.25, 0.3) is 0 Å². The molecule has 0 aromatic heterocycles. The standard InChI is InChI=1S/C18H27NO2/c1-14(2)19-11-15(12-19)13-21-18-5-3-16(4-6-18)17-7-9-20-10-8-17/h3-6,14-15,17H,7-13H2,1-2H3. The van der Waals surface area contributed by atoms with E-state index in [2.05, 4.69) is 43.0 Å². The van der Waals surface area contributed by atoms with E-state index in [4.69, 9.17) is 9.47 Å². The van der Waals surface area contributed by atoms with Crippen LogP contribution in [0.15, 0.2) is 24.3 Å². The van der Waals surface area contributed by atoms with Crippen LogP contribution in [-0.2, 0) is 4.74 Å². The van der Waals surface area contributed by atoms with Gasteiger partial charge in [-0.25, -0.2) is 0 Å². The first-order valence-electron chi connectivity index (χ1n) is 8.27. The molecule has 0 aliphatic carbocycles. The molecule has 3 heteroatoms. The van der Waals surface area contributed by atoms with Crippen LogP contribution in [0.1, 0.15) is 38.2 Å². The van der Waals surface area contributed by atoms with E-state index >= 15 is 0 Å². The summed E-state index contributed by atoms with van der Waals surface area (Å²) in [4.78, 5) is 2.49. The molecular weight excluding hydrogens is 262 g/mol. The molecule has 0 radical (unpaired) electrons. The topological polar surface area (TPSA) is 21.7 Å².